The summed E-state index contributed by atoms with van der Waals surface area (Å²) in [5, 5.41) is 0. The topological polar surface area (TPSA) is 26.3 Å². The van der Waals surface area contributed by atoms with Crippen molar-refractivity contribution >= 4 is 5.97 Å². The molecule has 0 saturated heterocycles. The molecule has 0 aromatic carbocycles. The summed E-state index contributed by atoms with van der Waals surface area (Å²) in [6.45, 7) is 8.86. The van der Waals surface area contributed by atoms with Crippen LogP contribution in [0.15, 0.2) is 24.3 Å². The number of likely N-dealkylation sites (N-methyl/N-ethyl adjacent to an activating group) is 1. The molecule has 0 radical (unpaired) electrons. The Labute approximate surface area is 91.6 Å². The zero-order chi connectivity index (χ0) is 11.3. The van der Waals surface area contributed by atoms with Crippen LogP contribution in [0.3, 0.4) is 0 Å². The lowest BCUT2D eigenvalue weighted by Gasteiger charge is -2.35. The third-order valence-corrected chi connectivity index (χ3v) is 2.81. The van der Waals surface area contributed by atoms with Crippen LogP contribution in [0.2, 0.25) is 0 Å². The van der Waals surface area contributed by atoms with Gasteiger partial charge in [-0.1, -0.05) is 6.58 Å². The van der Waals surface area contributed by atoms with Gasteiger partial charge in [-0.3, -0.25) is 0 Å². The van der Waals surface area contributed by atoms with Crippen LogP contribution in [0.1, 0.15) is 13.3 Å². The molecule has 1 heterocycles. The third kappa shape index (κ3) is 3.20. The van der Waals surface area contributed by atoms with Crippen LogP contribution in [0.5, 0.6) is 0 Å². The summed E-state index contributed by atoms with van der Waals surface area (Å²) in [6.07, 6.45) is 4.75. The second-order valence-electron chi connectivity index (χ2n) is 4.20. The minimum absolute atomic E-state index is 0.151. The summed E-state index contributed by atoms with van der Waals surface area (Å²) in [6, 6.07) is 0. The lowest BCUT2D eigenvalue weighted by molar-refractivity contribution is -0.899. The van der Waals surface area contributed by atoms with Gasteiger partial charge >= 0.3 is 5.97 Å². The number of rotatable bonds is 4. The predicted octanol–water partition coefficient (Wildman–Crippen LogP) is 1.51. The summed E-state index contributed by atoms with van der Waals surface area (Å²) in [5.74, 6) is -0.151. The highest BCUT2D eigenvalue weighted by molar-refractivity contribution is 5.88. The average molecular weight is 210 g/mol. The molecule has 0 fully saturated rings. The largest absolute Gasteiger partial charge is 0.463 e. The fourth-order valence-corrected chi connectivity index (χ4v) is 1.80. The Morgan fingerprint density at radius 2 is 2.47 bits per heavy atom. The maximum Gasteiger partial charge on any atom is 0.334 e. The van der Waals surface area contributed by atoms with Crippen LogP contribution in [-0.2, 0) is 9.53 Å². The van der Waals surface area contributed by atoms with Gasteiger partial charge in [-0.25, -0.2) is 4.79 Å². The van der Waals surface area contributed by atoms with Gasteiger partial charge in [0.15, 0.2) is 0 Å². The van der Waals surface area contributed by atoms with E-state index in [0.29, 0.717) is 6.61 Å². The molecule has 0 amide bonds. The van der Waals surface area contributed by atoms with Gasteiger partial charge in [-0.05, 0) is 19.1 Å². The van der Waals surface area contributed by atoms with E-state index < -0.39 is 0 Å². The molecule has 0 N–H and O–H groups in total. The SMILES string of the molecule is C=CC[N+]1(C)CC=C(C(=O)OCC)CC1. The van der Waals surface area contributed by atoms with E-state index in [2.05, 4.69) is 13.6 Å². The normalized spacial score (nSPS) is 25.6. The number of ether oxygens (including phenoxy) is 1. The van der Waals surface area contributed by atoms with Crippen molar-refractivity contribution in [3.63, 3.8) is 0 Å². The van der Waals surface area contributed by atoms with Gasteiger partial charge in [0.2, 0.25) is 0 Å². The van der Waals surface area contributed by atoms with Gasteiger partial charge in [-0.15, -0.1) is 0 Å². The Balaban J connectivity index is 2.58. The number of carbonyl (C=O) groups is 1. The highest BCUT2D eigenvalue weighted by atomic mass is 16.5. The predicted molar refractivity (Wildman–Crippen MR) is 60.3 cm³/mol. The third-order valence-electron chi connectivity index (χ3n) is 2.81. The summed E-state index contributed by atoms with van der Waals surface area (Å²) >= 11 is 0. The molecule has 1 rings (SSSR count). The molecule has 0 spiro atoms. The Hall–Kier alpha value is -1.09. The molecule has 0 aromatic rings. The number of quaternary nitrogens is 1. The van der Waals surface area contributed by atoms with Crippen LogP contribution in [0, 0.1) is 0 Å². The van der Waals surface area contributed by atoms with Crippen molar-refractivity contribution in [2.45, 2.75) is 13.3 Å². The van der Waals surface area contributed by atoms with Crippen molar-refractivity contribution in [2.75, 3.05) is 33.3 Å². The summed E-state index contributed by atoms with van der Waals surface area (Å²) in [5.41, 5.74) is 0.830. The van der Waals surface area contributed by atoms with Crippen LogP contribution in [-0.4, -0.2) is 43.7 Å². The van der Waals surface area contributed by atoms with Gasteiger partial charge in [-0.2, -0.15) is 0 Å². The molecule has 15 heavy (non-hydrogen) atoms. The van der Waals surface area contributed by atoms with Gasteiger partial charge in [0.1, 0.15) is 0 Å². The molecule has 3 nitrogen and oxygen atoms in total. The molecule has 84 valence electrons. The fraction of sp³-hybridized carbons (Fsp3) is 0.583. The first-order chi connectivity index (χ1) is 7.11. The van der Waals surface area contributed by atoms with E-state index in [1.165, 1.54) is 0 Å². The number of hydrogen-bond acceptors (Lipinski definition) is 2. The molecule has 3 heteroatoms. The minimum Gasteiger partial charge on any atom is -0.463 e. The lowest BCUT2D eigenvalue weighted by atomic mass is 10.1. The second kappa shape index (κ2) is 5.12. The highest BCUT2D eigenvalue weighted by Gasteiger charge is 2.26. The average Bonchev–Trinajstić information content (AvgIpc) is 2.19. The molecule has 1 atom stereocenters. The van der Waals surface area contributed by atoms with Crippen molar-refractivity contribution in [2.24, 2.45) is 0 Å². The van der Waals surface area contributed by atoms with E-state index in [0.717, 1.165) is 36.1 Å². The fourth-order valence-electron chi connectivity index (χ4n) is 1.80. The molecule has 0 bridgehead atoms. The first kappa shape index (κ1) is 12.0. The first-order valence-electron chi connectivity index (χ1n) is 5.42. The molecule has 0 saturated carbocycles. The van der Waals surface area contributed by atoms with Gasteiger partial charge < -0.3 is 9.22 Å². The summed E-state index contributed by atoms with van der Waals surface area (Å²) in [7, 11) is 2.18. The van der Waals surface area contributed by atoms with Crippen molar-refractivity contribution in [1.29, 1.82) is 0 Å². The zero-order valence-corrected chi connectivity index (χ0v) is 9.66. The zero-order valence-electron chi connectivity index (χ0n) is 9.66. The molecule has 0 aromatic heterocycles. The standard InChI is InChI=1S/C12H20NO2/c1-4-8-13(3)9-6-11(7-10-13)12(14)15-5-2/h4,6H,1,5,7-10H2,2-3H3/q+1. The Morgan fingerprint density at radius 1 is 1.73 bits per heavy atom. The van der Waals surface area contributed by atoms with Gasteiger partial charge in [0.25, 0.3) is 0 Å². The van der Waals surface area contributed by atoms with E-state index in [1.54, 1.807) is 0 Å². The monoisotopic (exact) mass is 210 g/mol. The summed E-state index contributed by atoms with van der Waals surface area (Å²) < 4.78 is 5.91. The van der Waals surface area contributed by atoms with E-state index in [9.17, 15) is 4.79 Å². The van der Waals surface area contributed by atoms with E-state index >= 15 is 0 Å². The highest BCUT2D eigenvalue weighted by Crippen LogP contribution is 2.17. The Bertz CT molecular complexity index is 283. The van der Waals surface area contributed by atoms with Crippen LogP contribution in [0.25, 0.3) is 0 Å². The Morgan fingerprint density at radius 3 is 2.93 bits per heavy atom. The smallest absolute Gasteiger partial charge is 0.334 e. The van der Waals surface area contributed by atoms with E-state index in [1.807, 2.05) is 19.1 Å². The molecule has 1 aliphatic rings. The van der Waals surface area contributed by atoms with Gasteiger partial charge in [0.05, 0.1) is 33.3 Å². The van der Waals surface area contributed by atoms with Crippen LogP contribution < -0.4 is 0 Å². The molecule has 1 unspecified atom stereocenters. The van der Waals surface area contributed by atoms with Crippen molar-refractivity contribution < 1.29 is 14.0 Å². The summed E-state index contributed by atoms with van der Waals surface area (Å²) in [4.78, 5) is 11.4. The maximum atomic E-state index is 11.4. The quantitative estimate of drug-likeness (QED) is 0.399. The van der Waals surface area contributed by atoms with Crippen LogP contribution in [0.4, 0.5) is 0 Å². The second-order valence-corrected chi connectivity index (χ2v) is 4.20. The van der Waals surface area contributed by atoms with Gasteiger partial charge in [0, 0.05) is 12.0 Å². The molecular formula is C12H20NO2+. The first-order valence-corrected chi connectivity index (χ1v) is 5.42. The minimum atomic E-state index is -0.151. The molecule has 1 aliphatic heterocycles. The van der Waals surface area contributed by atoms with Crippen molar-refractivity contribution in [3.05, 3.63) is 24.3 Å². The lowest BCUT2D eigenvalue weighted by Crippen LogP contribution is -2.47. The van der Waals surface area contributed by atoms with E-state index in [4.69, 9.17) is 4.74 Å². The molecular weight excluding hydrogens is 190 g/mol. The Kier molecular flexibility index (Phi) is 4.09. The van der Waals surface area contributed by atoms with E-state index in [-0.39, 0.29) is 5.97 Å². The molecule has 0 aliphatic carbocycles. The number of esters is 1. The number of carbonyl (C=O) groups excluding carboxylic acids is 1. The van der Waals surface area contributed by atoms with Crippen molar-refractivity contribution in [3.8, 4) is 0 Å². The van der Waals surface area contributed by atoms with Crippen LogP contribution >= 0.6 is 0 Å². The number of hydrogen-bond donors (Lipinski definition) is 0. The number of nitrogens with zero attached hydrogens (tertiary/aromatic N) is 1. The van der Waals surface area contributed by atoms with Crippen molar-refractivity contribution in [1.82, 2.24) is 0 Å². The maximum absolute atomic E-state index is 11.4.